The summed E-state index contributed by atoms with van der Waals surface area (Å²) in [6, 6.07) is 25.7. The molecule has 4 rings (SSSR count). The minimum atomic E-state index is -0.548. The van der Waals surface area contributed by atoms with Crippen molar-refractivity contribution in [3.05, 3.63) is 91.0 Å². The highest BCUT2D eigenvalue weighted by Gasteiger charge is 2.32. The van der Waals surface area contributed by atoms with Crippen LogP contribution in [-0.4, -0.2) is 129 Å². The molecule has 1 saturated heterocycles. The van der Waals surface area contributed by atoms with Crippen molar-refractivity contribution in [1.29, 1.82) is 0 Å². The molecule has 6 N–H and O–H groups in total. The van der Waals surface area contributed by atoms with E-state index in [-0.39, 0.29) is 39.3 Å². The van der Waals surface area contributed by atoms with E-state index in [2.05, 4.69) is 0 Å². The van der Waals surface area contributed by atoms with Crippen molar-refractivity contribution in [2.75, 3.05) is 93.2 Å². The fourth-order valence-electron chi connectivity index (χ4n) is 5.97. The topological polar surface area (TPSA) is 200 Å². The summed E-state index contributed by atoms with van der Waals surface area (Å²) in [6.45, 7) is -1.50. The van der Waals surface area contributed by atoms with E-state index in [1.54, 1.807) is 91.0 Å². The standard InChI is InChI=1S/C39H51N9O6/c40-19-10-22-43-25-37(52)46(31-13-4-1-5-14-31)28-34(49)44(23-11-20-41)26-38(53)48(33-17-8-3-9-18-33)30-36(51)45(24-12-21-42)27-39(54)47(29-35(43)50)32-15-6-2-7-16-32/h1-9,13-18H,10-12,19-30,40-42H2. The van der Waals surface area contributed by atoms with E-state index in [1.165, 1.54) is 29.4 Å². The van der Waals surface area contributed by atoms with Gasteiger partial charge < -0.3 is 46.6 Å². The number of nitrogens with zero attached hydrogens (tertiary/aromatic N) is 6. The van der Waals surface area contributed by atoms with Gasteiger partial charge in [0.05, 0.1) is 0 Å². The van der Waals surface area contributed by atoms with E-state index in [9.17, 15) is 28.8 Å². The molecule has 0 unspecified atom stereocenters. The largest absolute Gasteiger partial charge is 0.332 e. The molecule has 15 heteroatoms. The maximum absolute atomic E-state index is 14.2. The molecule has 1 aliphatic rings. The summed E-state index contributed by atoms with van der Waals surface area (Å²) in [6.07, 6.45) is 1.12. The van der Waals surface area contributed by atoms with E-state index >= 15 is 0 Å². The van der Waals surface area contributed by atoms with Crippen molar-refractivity contribution < 1.29 is 28.8 Å². The normalized spacial score (nSPS) is 16.3. The van der Waals surface area contributed by atoms with Crippen LogP contribution < -0.4 is 31.9 Å². The molecule has 0 atom stereocenters. The third-order valence-electron chi connectivity index (χ3n) is 8.92. The van der Waals surface area contributed by atoms with Gasteiger partial charge in [-0.15, -0.1) is 0 Å². The lowest BCUT2D eigenvalue weighted by molar-refractivity contribution is -0.138. The Hall–Kier alpha value is -5.64. The summed E-state index contributed by atoms with van der Waals surface area (Å²) in [5.74, 6) is -3.23. The van der Waals surface area contributed by atoms with Crippen molar-refractivity contribution in [3.8, 4) is 0 Å². The number of carbonyl (C=O) groups excluding carboxylic acids is 6. The molecular formula is C39H51N9O6. The molecule has 0 spiro atoms. The molecule has 0 bridgehead atoms. The first kappa shape index (κ1) is 41.1. The molecule has 6 amide bonds. The summed E-state index contributed by atoms with van der Waals surface area (Å²) in [5.41, 5.74) is 18.7. The Bertz CT molecular complexity index is 1500. The van der Waals surface area contributed by atoms with Gasteiger partial charge in [-0.3, -0.25) is 28.8 Å². The first-order valence-electron chi connectivity index (χ1n) is 18.2. The first-order chi connectivity index (χ1) is 26.2. The maximum Gasteiger partial charge on any atom is 0.247 e. The maximum atomic E-state index is 14.2. The van der Waals surface area contributed by atoms with Crippen molar-refractivity contribution >= 4 is 52.5 Å². The lowest BCUT2D eigenvalue weighted by Gasteiger charge is -2.33. The van der Waals surface area contributed by atoms with E-state index in [1.807, 2.05) is 0 Å². The molecule has 0 saturated carbocycles. The zero-order chi connectivity index (χ0) is 38.9. The number of nitrogens with two attached hydrogens (primary N) is 3. The third kappa shape index (κ3) is 11.7. The summed E-state index contributed by atoms with van der Waals surface area (Å²) in [7, 11) is 0. The number of carbonyl (C=O) groups is 6. The molecule has 0 aliphatic carbocycles. The molecule has 1 aliphatic heterocycles. The van der Waals surface area contributed by atoms with Crippen LogP contribution in [0.1, 0.15) is 19.3 Å². The van der Waals surface area contributed by atoms with Crippen LogP contribution in [0.5, 0.6) is 0 Å². The highest BCUT2D eigenvalue weighted by atomic mass is 16.2. The van der Waals surface area contributed by atoms with Crippen molar-refractivity contribution in [3.63, 3.8) is 0 Å². The highest BCUT2D eigenvalue weighted by Crippen LogP contribution is 2.19. The lowest BCUT2D eigenvalue weighted by atomic mass is 10.2. The lowest BCUT2D eigenvalue weighted by Crippen LogP contribution is -2.54. The van der Waals surface area contributed by atoms with E-state index in [4.69, 9.17) is 17.2 Å². The molecule has 1 fully saturated rings. The number of anilines is 3. The fourth-order valence-corrected chi connectivity index (χ4v) is 5.97. The predicted molar refractivity (Wildman–Crippen MR) is 207 cm³/mol. The van der Waals surface area contributed by atoms with Gasteiger partial charge in [-0.1, -0.05) is 54.6 Å². The molecule has 3 aromatic rings. The van der Waals surface area contributed by atoms with Crippen molar-refractivity contribution in [2.24, 2.45) is 17.2 Å². The van der Waals surface area contributed by atoms with Crippen molar-refractivity contribution in [1.82, 2.24) is 14.7 Å². The minimum Gasteiger partial charge on any atom is -0.332 e. The molecule has 0 radical (unpaired) electrons. The van der Waals surface area contributed by atoms with E-state index in [0.29, 0.717) is 36.3 Å². The van der Waals surface area contributed by atoms with Crippen LogP contribution in [0.2, 0.25) is 0 Å². The van der Waals surface area contributed by atoms with Crippen LogP contribution >= 0.6 is 0 Å². The van der Waals surface area contributed by atoms with E-state index < -0.39 is 74.7 Å². The van der Waals surface area contributed by atoms with Gasteiger partial charge in [0.25, 0.3) is 0 Å². The van der Waals surface area contributed by atoms with Crippen LogP contribution in [0, 0.1) is 0 Å². The number of amides is 6. The number of hydrogen-bond acceptors (Lipinski definition) is 9. The van der Waals surface area contributed by atoms with Gasteiger partial charge in [0.15, 0.2) is 0 Å². The highest BCUT2D eigenvalue weighted by molar-refractivity contribution is 6.06. The predicted octanol–water partition coefficient (Wildman–Crippen LogP) is 0.632. The van der Waals surface area contributed by atoms with Crippen LogP contribution in [-0.2, 0) is 28.8 Å². The molecule has 1 heterocycles. The second kappa shape index (κ2) is 21.2. The van der Waals surface area contributed by atoms with Gasteiger partial charge in [0.1, 0.15) is 39.3 Å². The Kier molecular flexibility index (Phi) is 16.1. The zero-order valence-corrected chi connectivity index (χ0v) is 30.6. The van der Waals surface area contributed by atoms with Crippen LogP contribution in [0.15, 0.2) is 91.0 Å². The molecule has 15 nitrogen and oxygen atoms in total. The molecule has 288 valence electrons. The minimum absolute atomic E-state index is 0.113. The summed E-state index contributed by atoms with van der Waals surface area (Å²) in [5, 5.41) is 0. The Morgan fingerprint density at radius 2 is 0.593 bits per heavy atom. The molecule has 3 aromatic carbocycles. The number of hydrogen-bond donors (Lipinski definition) is 3. The second-order valence-corrected chi connectivity index (χ2v) is 12.8. The zero-order valence-electron chi connectivity index (χ0n) is 30.6. The average Bonchev–Trinajstić information content (AvgIpc) is 3.19. The molecule has 0 aromatic heterocycles. The smallest absolute Gasteiger partial charge is 0.247 e. The van der Waals surface area contributed by atoms with Gasteiger partial charge >= 0.3 is 0 Å². The Balaban J connectivity index is 1.83. The van der Waals surface area contributed by atoms with Crippen LogP contribution in [0.25, 0.3) is 0 Å². The SMILES string of the molecule is NCCCN1CC(=O)N(c2ccccc2)CC(=O)N(CCCN)CC(=O)N(c2ccccc2)CC(=O)N(CCCN)CC(=O)N(c2ccccc2)CC1=O. The molecular weight excluding hydrogens is 690 g/mol. The van der Waals surface area contributed by atoms with Crippen molar-refractivity contribution in [2.45, 2.75) is 19.3 Å². The van der Waals surface area contributed by atoms with Gasteiger partial charge in [-0.05, 0) is 75.3 Å². The Morgan fingerprint density at radius 3 is 0.815 bits per heavy atom. The first-order valence-corrected chi connectivity index (χ1v) is 18.2. The Labute approximate surface area is 316 Å². The third-order valence-corrected chi connectivity index (χ3v) is 8.92. The van der Waals surface area contributed by atoms with Crippen LogP contribution in [0.4, 0.5) is 17.1 Å². The van der Waals surface area contributed by atoms with Crippen LogP contribution in [0.3, 0.4) is 0 Å². The quantitative estimate of drug-likeness (QED) is 0.238. The molecule has 54 heavy (non-hydrogen) atoms. The average molecular weight is 742 g/mol. The van der Waals surface area contributed by atoms with Gasteiger partial charge in [-0.2, -0.15) is 0 Å². The van der Waals surface area contributed by atoms with E-state index in [0.717, 1.165) is 0 Å². The fraction of sp³-hybridized carbons (Fsp3) is 0.385. The summed E-state index contributed by atoms with van der Waals surface area (Å²) < 4.78 is 0. The number of rotatable bonds is 12. The van der Waals surface area contributed by atoms with Gasteiger partial charge in [-0.25, -0.2) is 0 Å². The van der Waals surface area contributed by atoms with Gasteiger partial charge in [0, 0.05) is 36.7 Å². The number of para-hydroxylation sites is 3. The van der Waals surface area contributed by atoms with Gasteiger partial charge in [0.2, 0.25) is 35.4 Å². The Morgan fingerprint density at radius 1 is 0.352 bits per heavy atom. The number of benzene rings is 3. The summed E-state index contributed by atoms with van der Waals surface area (Å²) >= 11 is 0. The monoisotopic (exact) mass is 741 g/mol. The second-order valence-electron chi connectivity index (χ2n) is 12.8. The summed E-state index contributed by atoms with van der Waals surface area (Å²) in [4.78, 5) is 92.7.